The average molecular weight is 448 g/mol. The first-order valence-corrected chi connectivity index (χ1v) is 10.8. The predicted octanol–water partition coefficient (Wildman–Crippen LogP) is 4.01. The van der Waals surface area contributed by atoms with E-state index in [0.717, 1.165) is 25.3 Å². The van der Waals surface area contributed by atoms with E-state index in [-0.39, 0.29) is 35.4 Å². The highest BCUT2D eigenvalue weighted by Gasteiger charge is 2.58. The molecule has 172 valence electrons. The molecule has 1 aromatic carbocycles. The summed E-state index contributed by atoms with van der Waals surface area (Å²) < 4.78 is 46.1. The number of carbonyl (C=O) groups excluding carboxylic acids is 1. The van der Waals surface area contributed by atoms with Crippen LogP contribution in [0.1, 0.15) is 51.5 Å². The van der Waals surface area contributed by atoms with Gasteiger partial charge in [0.15, 0.2) is 11.4 Å². The van der Waals surface area contributed by atoms with Crippen molar-refractivity contribution in [2.45, 2.75) is 63.8 Å². The van der Waals surface area contributed by atoms with E-state index in [1.54, 1.807) is 20.0 Å². The molecule has 4 saturated carbocycles. The van der Waals surface area contributed by atoms with Gasteiger partial charge in [0, 0.05) is 11.5 Å². The smallest absolute Gasteiger partial charge is 0.419 e. The Kier molecular flexibility index (Phi) is 5.38. The molecule has 0 aliphatic heterocycles. The van der Waals surface area contributed by atoms with Crippen molar-refractivity contribution in [3.63, 3.8) is 0 Å². The molecule has 1 aromatic rings. The van der Waals surface area contributed by atoms with Gasteiger partial charge in [-0.05, 0) is 75.8 Å². The Morgan fingerprint density at radius 3 is 2.41 bits per heavy atom. The number of ether oxygens (including phenoxy) is 1. The molecule has 9 heteroatoms. The van der Waals surface area contributed by atoms with Gasteiger partial charge in [0.1, 0.15) is 5.75 Å². The Morgan fingerprint density at radius 1 is 1.22 bits per heavy atom. The van der Waals surface area contributed by atoms with Gasteiger partial charge in [0.2, 0.25) is 12.1 Å². The summed E-state index contributed by atoms with van der Waals surface area (Å²) in [4.78, 5) is 16.1. The molecule has 2 unspecified atom stereocenters. The Balaban J connectivity index is 1.57. The molecule has 4 fully saturated rings. The highest BCUT2D eigenvalue weighted by molar-refractivity contribution is 5.91. The van der Waals surface area contributed by atoms with Crippen molar-refractivity contribution in [1.82, 2.24) is 5.32 Å². The molecule has 0 aromatic heterocycles. The van der Waals surface area contributed by atoms with Crippen LogP contribution in [-0.2, 0) is 11.0 Å². The summed E-state index contributed by atoms with van der Waals surface area (Å²) in [6.07, 6.45) is 1.31. The number of benzene rings is 1. The first-order chi connectivity index (χ1) is 14.9. The zero-order valence-electron chi connectivity index (χ0n) is 18.1. The van der Waals surface area contributed by atoms with Gasteiger partial charge >= 0.3 is 6.18 Å². The van der Waals surface area contributed by atoms with Crippen LogP contribution in [0.25, 0.3) is 0 Å². The molecular formula is C23H27F3N4O2. The van der Waals surface area contributed by atoms with Gasteiger partial charge in [-0.3, -0.25) is 4.79 Å². The molecule has 6 nitrogen and oxygen atoms in total. The lowest BCUT2D eigenvalue weighted by molar-refractivity contribution is -0.145. The van der Waals surface area contributed by atoms with Crippen molar-refractivity contribution in [3.8, 4) is 11.9 Å². The second-order valence-corrected chi connectivity index (χ2v) is 9.95. The lowest BCUT2D eigenvalue weighted by atomic mass is 9.47. The predicted molar refractivity (Wildman–Crippen MR) is 111 cm³/mol. The standard InChI is InChI=1S/C23H27F3N4O2/c1-21(2,32-17-6-4-3-5-16(17)23(24,25)26)20(29-12-27)30-18-14-7-13-8-15(18)11-22(9-13,10-14)19(28)31/h3-6,13-15,18H,7-11H2,1-2H3,(H2,28,31)(H,29,30). The van der Waals surface area contributed by atoms with Crippen molar-refractivity contribution in [1.29, 1.82) is 5.26 Å². The minimum atomic E-state index is -4.57. The number of primary amides is 1. The third-order valence-corrected chi connectivity index (χ3v) is 7.39. The number of carbonyl (C=O) groups is 1. The number of hydrogen-bond acceptors (Lipinski definition) is 4. The largest absolute Gasteiger partial charge is 0.479 e. The first kappa shape index (κ1) is 22.4. The molecule has 1 amide bonds. The van der Waals surface area contributed by atoms with E-state index in [1.165, 1.54) is 18.2 Å². The lowest BCUT2D eigenvalue weighted by Crippen LogP contribution is -2.64. The third-order valence-electron chi connectivity index (χ3n) is 7.39. The van der Waals surface area contributed by atoms with Gasteiger partial charge in [-0.2, -0.15) is 23.4 Å². The summed E-state index contributed by atoms with van der Waals surface area (Å²) in [6, 6.07) is 4.95. The van der Waals surface area contributed by atoms with Crippen molar-refractivity contribution in [2.24, 2.45) is 33.9 Å². The van der Waals surface area contributed by atoms with Crippen LogP contribution in [0.4, 0.5) is 13.2 Å². The molecule has 4 bridgehead atoms. The van der Waals surface area contributed by atoms with Crippen LogP contribution in [0.5, 0.6) is 5.75 Å². The SMILES string of the molecule is CC(C)(Oc1ccccc1C(F)(F)F)/C(=N\C#N)NC1C2CC3CC1CC(C(N)=O)(C3)C2. The number of amides is 1. The van der Waals surface area contributed by atoms with Gasteiger partial charge in [-0.15, -0.1) is 0 Å². The number of rotatable bonds is 5. The van der Waals surface area contributed by atoms with Crippen LogP contribution in [-0.4, -0.2) is 23.4 Å². The topological polar surface area (TPSA) is 100 Å². The maximum atomic E-state index is 13.4. The van der Waals surface area contributed by atoms with Gasteiger partial charge < -0.3 is 15.8 Å². The Hall–Kier alpha value is -2.76. The van der Waals surface area contributed by atoms with Crippen LogP contribution >= 0.6 is 0 Å². The summed E-state index contributed by atoms with van der Waals surface area (Å²) in [6.45, 7) is 3.18. The van der Waals surface area contributed by atoms with E-state index < -0.39 is 22.8 Å². The molecule has 0 heterocycles. The fraction of sp³-hybridized carbons (Fsp3) is 0.609. The lowest BCUT2D eigenvalue weighted by Gasteiger charge is -2.59. The van der Waals surface area contributed by atoms with Crippen LogP contribution in [0.2, 0.25) is 0 Å². The molecular weight excluding hydrogens is 421 g/mol. The fourth-order valence-electron chi connectivity index (χ4n) is 6.22. The maximum absolute atomic E-state index is 13.4. The molecule has 5 rings (SSSR count). The van der Waals surface area contributed by atoms with E-state index in [4.69, 9.17) is 10.5 Å². The maximum Gasteiger partial charge on any atom is 0.419 e. The number of halogens is 3. The molecule has 0 saturated heterocycles. The molecule has 4 aliphatic carbocycles. The number of alkyl halides is 3. The summed E-state index contributed by atoms with van der Waals surface area (Å²) in [5.74, 6) is 0.454. The number of nitrogens with two attached hydrogens (primary N) is 1. The highest BCUT2D eigenvalue weighted by Crippen LogP contribution is 2.60. The van der Waals surface area contributed by atoms with E-state index in [2.05, 4.69) is 10.3 Å². The normalized spacial score (nSPS) is 31.8. The van der Waals surface area contributed by atoms with Crippen LogP contribution in [0.15, 0.2) is 29.3 Å². The third kappa shape index (κ3) is 3.91. The minimum Gasteiger partial charge on any atom is -0.479 e. The number of nitrogens with one attached hydrogen (secondary N) is 1. The number of para-hydroxylation sites is 1. The Morgan fingerprint density at radius 2 is 1.84 bits per heavy atom. The highest BCUT2D eigenvalue weighted by atomic mass is 19.4. The molecule has 3 N–H and O–H groups in total. The zero-order chi connectivity index (χ0) is 23.3. The second-order valence-electron chi connectivity index (χ2n) is 9.95. The second kappa shape index (κ2) is 7.68. The van der Waals surface area contributed by atoms with E-state index in [9.17, 15) is 23.2 Å². The Labute approximate surface area is 185 Å². The van der Waals surface area contributed by atoms with Crippen molar-refractivity contribution in [2.75, 3.05) is 0 Å². The van der Waals surface area contributed by atoms with Crippen molar-refractivity contribution >= 4 is 11.7 Å². The number of nitrogens with zero attached hydrogens (tertiary/aromatic N) is 2. The summed E-state index contributed by atoms with van der Waals surface area (Å²) in [5, 5.41) is 12.6. The number of aliphatic imine (C=N–C) groups is 1. The van der Waals surface area contributed by atoms with Gasteiger partial charge in [-0.1, -0.05) is 12.1 Å². The molecule has 0 radical (unpaired) electrons. The van der Waals surface area contributed by atoms with Gasteiger partial charge in [0.05, 0.1) is 5.56 Å². The summed E-state index contributed by atoms with van der Waals surface area (Å²) in [5.41, 5.74) is 3.09. The number of nitriles is 1. The van der Waals surface area contributed by atoms with E-state index in [0.29, 0.717) is 18.8 Å². The molecule has 2 atom stereocenters. The van der Waals surface area contributed by atoms with Crippen LogP contribution < -0.4 is 15.8 Å². The molecule has 32 heavy (non-hydrogen) atoms. The van der Waals surface area contributed by atoms with Gasteiger partial charge in [-0.25, -0.2) is 0 Å². The summed E-state index contributed by atoms with van der Waals surface area (Å²) >= 11 is 0. The quantitative estimate of drug-likeness (QED) is 0.404. The van der Waals surface area contributed by atoms with E-state index in [1.807, 2.05) is 0 Å². The first-order valence-electron chi connectivity index (χ1n) is 10.8. The number of hydrogen-bond donors (Lipinski definition) is 2. The van der Waals surface area contributed by atoms with Crippen LogP contribution in [0, 0.1) is 34.6 Å². The molecule has 4 aliphatic rings. The van der Waals surface area contributed by atoms with Crippen LogP contribution in [0.3, 0.4) is 0 Å². The monoisotopic (exact) mass is 448 g/mol. The van der Waals surface area contributed by atoms with Crippen molar-refractivity contribution in [3.05, 3.63) is 29.8 Å². The fourth-order valence-corrected chi connectivity index (χ4v) is 6.22. The summed E-state index contributed by atoms with van der Waals surface area (Å²) in [7, 11) is 0. The average Bonchev–Trinajstić information content (AvgIpc) is 2.68. The van der Waals surface area contributed by atoms with Crippen molar-refractivity contribution < 1.29 is 22.7 Å². The van der Waals surface area contributed by atoms with Gasteiger partial charge in [0.25, 0.3) is 0 Å². The number of amidine groups is 1. The van der Waals surface area contributed by atoms with E-state index >= 15 is 0 Å². The Bertz CT molecular complexity index is 966. The zero-order valence-corrected chi connectivity index (χ0v) is 18.1. The minimum absolute atomic E-state index is 0.0353. The molecule has 0 spiro atoms.